The van der Waals surface area contributed by atoms with Gasteiger partial charge in [-0.2, -0.15) is 5.10 Å². The Kier molecular flexibility index (Phi) is 8.47. The summed E-state index contributed by atoms with van der Waals surface area (Å²) < 4.78 is 4.29. The van der Waals surface area contributed by atoms with Crippen molar-refractivity contribution in [2.24, 2.45) is 23.0 Å². The number of rotatable bonds is 3. The van der Waals surface area contributed by atoms with Crippen LogP contribution in [0.2, 0.25) is 0 Å². The highest BCUT2D eigenvalue weighted by Gasteiger charge is 2.14. The molecule has 8 heteroatoms. The number of guanidine groups is 1. The fourth-order valence-corrected chi connectivity index (χ4v) is 2.43. The molecule has 0 saturated carbocycles. The predicted octanol–water partition coefficient (Wildman–Crippen LogP) is -0.737. The monoisotopic (exact) mass is 576 g/mol. The van der Waals surface area contributed by atoms with Gasteiger partial charge in [0.15, 0.2) is 5.69 Å². The van der Waals surface area contributed by atoms with Gasteiger partial charge in [0.1, 0.15) is 6.20 Å². The van der Waals surface area contributed by atoms with E-state index in [0.29, 0.717) is 5.96 Å². The molecule has 0 aliphatic rings. The number of aryl methyl sites for hydroxylation is 1. The standard InChI is InChI=1S/C18H21N6.2HI/c1-22(2)18(19)21-20-12-14-7-9-15(10-8-14)16-13-24-11-5-4-6-17(24)23(16)3;;/h4-13H,1-3H3,(H2,19,21);2*1H/q+1;;/p-1/b20-12+;;. The van der Waals surface area contributed by atoms with Gasteiger partial charge in [0.2, 0.25) is 5.96 Å². The molecule has 0 aliphatic carbocycles. The Morgan fingerprint density at radius 1 is 1.15 bits per heavy atom. The summed E-state index contributed by atoms with van der Waals surface area (Å²) in [5, 5.41) is 7.93. The number of imidazole rings is 1. The van der Waals surface area contributed by atoms with Crippen LogP contribution in [0.4, 0.5) is 0 Å². The zero-order valence-electron chi connectivity index (χ0n) is 14.9. The van der Waals surface area contributed by atoms with Crippen molar-refractivity contribution in [3.05, 3.63) is 60.4 Å². The van der Waals surface area contributed by atoms with Gasteiger partial charge in [0, 0.05) is 25.7 Å². The fourth-order valence-electron chi connectivity index (χ4n) is 2.43. The quantitative estimate of drug-likeness (QED) is 0.147. The summed E-state index contributed by atoms with van der Waals surface area (Å²) in [5.41, 5.74) is 10.1. The van der Waals surface area contributed by atoms with Gasteiger partial charge in [-0.1, -0.05) is 18.2 Å². The third-order valence-corrected chi connectivity index (χ3v) is 3.87. The molecule has 0 amide bonds. The van der Waals surface area contributed by atoms with E-state index in [4.69, 9.17) is 5.73 Å². The number of aromatic nitrogens is 2. The smallest absolute Gasteiger partial charge is 0.286 e. The Balaban J connectivity index is 0.00000169. The van der Waals surface area contributed by atoms with E-state index in [1.807, 2.05) is 44.6 Å². The molecule has 0 unspecified atom stereocenters. The molecule has 0 bridgehead atoms. The summed E-state index contributed by atoms with van der Waals surface area (Å²) >= 11 is 0. The average molecular weight is 576 g/mol. The van der Waals surface area contributed by atoms with Gasteiger partial charge in [0.05, 0.1) is 19.5 Å². The molecule has 0 spiro atoms. The molecule has 3 aromatic rings. The summed E-state index contributed by atoms with van der Waals surface area (Å²) in [6, 6.07) is 14.3. The third-order valence-electron chi connectivity index (χ3n) is 3.87. The number of hydrogen-bond acceptors (Lipinski definition) is 2. The molecule has 1 aromatic carbocycles. The molecule has 6 nitrogen and oxygen atoms in total. The van der Waals surface area contributed by atoms with E-state index in [9.17, 15) is 0 Å². The molecule has 0 fully saturated rings. The summed E-state index contributed by atoms with van der Waals surface area (Å²) in [6.45, 7) is 0. The van der Waals surface area contributed by atoms with Crippen molar-refractivity contribution in [3.63, 3.8) is 0 Å². The topological polar surface area (TPSA) is 63.0 Å². The first-order chi connectivity index (χ1) is 11.6. The van der Waals surface area contributed by atoms with Crippen LogP contribution in [0.25, 0.3) is 16.9 Å². The molecule has 2 N–H and O–H groups in total. The predicted molar refractivity (Wildman–Crippen MR) is 112 cm³/mol. The summed E-state index contributed by atoms with van der Waals surface area (Å²) in [4.78, 5) is 1.71. The van der Waals surface area contributed by atoms with E-state index in [-0.39, 0.29) is 48.0 Å². The lowest BCUT2D eigenvalue weighted by molar-refractivity contribution is -0.510. The van der Waals surface area contributed by atoms with Crippen molar-refractivity contribution >= 4 is 41.8 Å². The Labute approximate surface area is 187 Å². The Hall–Kier alpha value is -1.69. The molecular formula is C18H22I2N6. The van der Waals surface area contributed by atoms with Crippen LogP contribution in [0.3, 0.4) is 0 Å². The van der Waals surface area contributed by atoms with Gasteiger partial charge >= 0.3 is 0 Å². The van der Waals surface area contributed by atoms with Gasteiger partial charge < -0.3 is 34.6 Å². The van der Waals surface area contributed by atoms with Crippen molar-refractivity contribution in [3.8, 4) is 11.3 Å². The second kappa shape index (κ2) is 9.86. The molecule has 0 saturated heterocycles. The normalized spacial score (nSPS) is 11.3. The largest absolute Gasteiger partial charge is 1.00 e. The molecule has 26 heavy (non-hydrogen) atoms. The van der Waals surface area contributed by atoms with Gasteiger partial charge in [0.25, 0.3) is 5.65 Å². The van der Waals surface area contributed by atoms with Crippen LogP contribution in [-0.2, 0) is 7.05 Å². The first-order valence-electron chi connectivity index (χ1n) is 7.66. The van der Waals surface area contributed by atoms with Crippen molar-refractivity contribution in [2.75, 3.05) is 14.1 Å². The summed E-state index contributed by atoms with van der Waals surface area (Å²) in [7, 11) is 5.72. The first kappa shape index (κ1) is 22.4. The van der Waals surface area contributed by atoms with Crippen LogP contribution in [0.1, 0.15) is 5.56 Å². The van der Waals surface area contributed by atoms with E-state index >= 15 is 0 Å². The minimum absolute atomic E-state index is 0. The Morgan fingerprint density at radius 2 is 1.85 bits per heavy atom. The minimum atomic E-state index is 0. The number of pyridine rings is 1. The second-order valence-corrected chi connectivity index (χ2v) is 5.76. The lowest BCUT2D eigenvalue weighted by Gasteiger charge is -2.07. The van der Waals surface area contributed by atoms with Gasteiger partial charge in [-0.15, -0.1) is 29.1 Å². The van der Waals surface area contributed by atoms with Crippen LogP contribution in [-0.4, -0.2) is 35.7 Å². The Bertz CT molecular complexity index is 913. The van der Waals surface area contributed by atoms with Gasteiger partial charge in [-0.3, -0.25) is 0 Å². The fraction of sp³-hybridized carbons (Fsp3) is 0.167. The van der Waals surface area contributed by atoms with Crippen LogP contribution >= 0.6 is 24.0 Å². The second-order valence-electron chi connectivity index (χ2n) is 5.76. The Morgan fingerprint density at radius 3 is 2.46 bits per heavy atom. The maximum atomic E-state index is 5.69. The zero-order valence-corrected chi connectivity index (χ0v) is 19.4. The van der Waals surface area contributed by atoms with Gasteiger partial charge in [-0.25, -0.2) is 8.97 Å². The molecule has 138 valence electrons. The highest BCUT2D eigenvalue weighted by atomic mass is 127. The number of fused-ring (bicyclic) bond motifs is 1. The van der Waals surface area contributed by atoms with Crippen molar-refractivity contribution in [2.45, 2.75) is 0 Å². The third kappa shape index (κ3) is 4.93. The van der Waals surface area contributed by atoms with E-state index < -0.39 is 0 Å². The zero-order chi connectivity index (χ0) is 17.1. The number of halogens is 2. The molecule has 0 atom stereocenters. The lowest BCUT2D eigenvalue weighted by atomic mass is 10.1. The molecule has 2 aromatic heterocycles. The van der Waals surface area contributed by atoms with Crippen LogP contribution in [0.15, 0.2) is 65.1 Å². The molecule has 3 rings (SSSR count). The minimum Gasteiger partial charge on any atom is -1.00 e. The van der Waals surface area contributed by atoms with E-state index in [0.717, 1.165) is 22.5 Å². The van der Waals surface area contributed by atoms with Crippen molar-refractivity contribution in [1.82, 2.24) is 9.47 Å². The lowest BCUT2D eigenvalue weighted by Crippen LogP contribution is -3.00. The van der Waals surface area contributed by atoms with E-state index in [1.54, 1.807) is 11.1 Å². The SMILES string of the molecule is CN(C)/C(N)=N/N=C/c1ccc(-c2c[n+]3ccccc3n2C)cc1.I.[I-]. The van der Waals surface area contributed by atoms with Crippen molar-refractivity contribution in [1.29, 1.82) is 0 Å². The number of benzene rings is 1. The highest BCUT2D eigenvalue weighted by Crippen LogP contribution is 2.19. The summed E-state index contributed by atoms with van der Waals surface area (Å²) in [6.07, 6.45) is 5.86. The number of nitrogens with two attached hydrogens (primary N) is 1. The average Bonchev–Trinajstić information content (AvgIpc) is 2.92. The number of nitrogens with zero attached hydrogens (tertiary/aromatic N) is 5. The van der Waals surface area contributed by atoms with Crippen LogP contribution < -0.4 is 34.1 Å². The molecule has 0 radical (unpaired) electrons. The molecule has 0 aliphatic heterocycles. The first-order valence-corrected chi connectivity index (χ1v) is 7.66. The molecule has 2 heterocycles. The van der Waals surface area contributed by atoms with E-state index in [1.165, 1.54) is 0 Å². The van der Waals surface area contributed by atoms with Crippen LogP contribution in [0.5, 0.6) is 0 Å². The van der Waals surface area contributed by atoms with E-state index in [2.05, 4.69) is 50.6 Å². The summed E-state index contributed by atoms with van der Waals surface area (Å²) in [5.74, 6) is 0.371. The maximum Gasteiger partial charge on any atom is 0.286 e. The maximum absolute atomic E-state index is 5.69. The number of hydrogen-bond donors (Lipinski definition) is 1. The van der Waals surface area contributed by atoms with Crippen molar-refractivity contribution < 1.29 is 28.4 Å². The van der Waals surface area contributed by atoms with Gasteiger partial charge in [-0.05, 0) is 23.8 Å². The van der Waals surface area contributed by atoms with Crippen LogP contribution in [0, 0.1) is 0 Å². The molecular weight excluding hydrogens is 554 g/mol. The highest BCUT2D eigenvalue weighted by molar-refractivity contribution is 14.0.